The van der Waals surface area contributed by atoms with Crippen molar-refractivity contribution in [3.05, 3.63) is 70.0 Å². The van der Waals surface area contributed by atoms with Gasteiger partial charge in [0.2, 0.25) is 0 Å². The molecule has 17 heavy (non-hydrogen) atoms. The van der Waals surface area contributed by atoms with Crippen LogP contribution >= 0.6 is 15.9 Å². The molecule has 0 fully saturated rings. The minimum absolute atomic E-state index is 0.997. The molecule has 0 aliphatic heterocycles. The molecule has 84 valence electrons. The zero-order chi connectivity index (χ0) is 11.7. The Morgan fingerprint density at radius 3 is 2.76 bits per heavy atom. The zero-order valence-corrected chi connectivity index (χ0v) is 10.9. The third kappa shape index (κ3) is 2.18. The first-order valence-corrected chi connectivity index (χ1v) is 6.49. The fraction of sp³-hybridized carbons (Fsp3) is 0.133. The molecule has 0 unspecified atom stereocenters. The number of hydrogen-bond acceptors (Lipinski definition) is 1. The largest absolute Gasteiger partial charge is 0.265 e. The lowest BCUT2D eigenvalue weighted by Gasteiger charge is -2.06. The van der Waals surface area contributed by atoms with Crippen LogP contribution in [0.1, 0.15) is 16.7 Å². The van der Waals surface area contributed by atoms with Crippen molar-refractivity contribution in [2.45, 2.75) is 12.8 Å². The maximum Gasteiger partial charge on any atom is 0.0270 e. The van der Waals surface area contributed by atoms with Gasteiger partial charge in [-0.25, -0.2) is 0 Å². The summed E-state index contributed by atoms with van der Waals surface area (Å²) in [6, 6.07) is 10.7. The highest BCUT2D eigenvalue weighted by Gasteiger charge is 2.14. The standard InChI is InChI=1S/C15H12BrN/c16-14-3-4-15-12(1-2-13(15)10-14)9-11-5-7-17-8-6-11/h1,3-8,10H,2,9H2. The first kappa shape index (κ1) is 10.7. The van der Waals surface area contributed by atoms with Crippen LogP contribution in [0.25, 0.3) is 5.57 Å². The Morgan fingerprint density at radius 1 is 1.12 bits per heavy atom. The van der Waals surface area contributed by atoms with Crippen LogP contribution in [-0.2, 0) is 12.8 Å². The van der Waals surface area contributed by atoms with Crippen LogP contribution in [0.5, 0.6) is 0 Å². The Bertz CT molecular complexity index is 573. The van der Waals surface area contributed by atoms with Gasteiger partial charge in [-0.2, -0.15) is 0 Å². The second kappa shape index (κ2) is 4.46. The van der Waals surface area contributed by atoms with Crippen molar-refractivity contribution in [3.8, 4) is 0 Å². The average Bonchev–Trinajstić information content (AvgIpc) is 2.73. The van der Waals surface area contributed by atoms with Gasteiger partial charge in [0.25, 0.3) is 0 Å². The van der Waals surface area contributed by atoms with E-state index in [1.54, 1.807) is 0 Å². The molecule has 0 bridgehead atoms. The topological polar surface area (TPSA) is 12.9 Å². The molecule has 2 aromatic rings. The highest BCUT2D eigenvalue weighted by atomic mass is 79.9. The van der Waals surface area contributed by atoms with E-state index in [9.17, 15) is 0 Å². The number of benzene rings is 1. The molecule has 0 atom stereocenters. The fourth-order valence-electron chi connectivity index (χ4n) is 2.28. The minimum Gasteiger partial charge on any atom is -0.265 e. The molecule has 3 rings (SSSR count). The van der Waals surface area contributed by atoms with Crippen molar-refractivity contribution in [2.75, 3.05) is 0 Å². The molecule has 1 aromatic heterocycles. The van der Waals surface area contributed by atoms with E-state index >= 15 is 0 Å². The molecule has 0 spiro atoms. The monoisotopic (exact) mass is 285 g/mol. The zero-order valence-electron chi connectivity index (χ0n) is 9.36. The van der Waals surface area contributed by atoms with E-state index in [1.165, 1.54) is 22.3 Å². The summed E-state index contributed by atoms with van der Waals surface area (Å²) in [6.07, 6.45) is 8.09. The first-order valence-electron chi connectivity index (χ1n) is 5.70. The smallest absolute Gasteiger partial charge is 0.0270 e. The highest BCUT2D eigenvalue weighted by Crippen LogP contribution is 2.31. The van der Waals surface area contributed by atoms with E-state index in [0.717, 1.165) is 17.3 Å². The third-order valence-electron chi connectivity index (χ3n) is 3.13. The molecule has 0 radical (unpaired) electrons. The Balaban J connectivity index is 1.89. The lowest BCUT2D eigenvalue weighted by atomic mass is 10.0. The van der Waals surface area contributed by atoms with Gasteiger partial charge < -0.3 is 0 Å². The molecule has 0 amide bonds. The second-order valence-corrected chi connectivity index (χ2v) is 5.18. The maximum atomic E-state index is 4.05. The van der Waals surface area contributed by atoms with Crippen molar-refractivity contribution in [1.29, 1.82) is 0 Å². The number of aromatic nitrogens is 1. The van der Waals surface area contributed by atoms with Gasteiger partial charge in [0.05, 0.1) is 0 Å². The van der Waals surface area contributed by atoms with Crippen molar-refractivity contribution >= 4 is 21.5 Å². The van der Waals surface area contributed by atoms with Crippen molar-refractivity contribution in [3.63, 3.8) is 0 Å². The third-order valence-corrected chi connectivity index (χ3v) is 3.62. The van der Waals surface area contributed by atoms with Gasteiger partial charge in [-0.15, -0.1) is 0 Å². The van der Waals surface area contributed by atoms with Gasteiger partial charge in [0, 0.05) is 16.9 Å². The molecule has 0 saturated heterocycles. The van der Waals surface area contributed by atoms with Crippen molar-refractivity contribution < 1.29 is 0 Å². The molecule has 2 heteroatoms. The van der Waals surface area contributed by atoms with Crippen LogP contribution in [0.2, 0.25) is 0 Å². The second-order valence-electron chi connectivity index (χ2n) is 4.27. The van der Waals surface area contributed by atoms with E-state index < -0.39 is 0 Å². The number of pyridine rings is 1. The lowest BCUT2D eigenvalue weighted by molar-refractivity contribution is 1.22. The Kier molecular flexibility index (Phi) is 2.81. The van der Waals surface area contributed by atoms with Crippen LogP contribution in [0.4, 0.5) is 0 Å². The van der Waals surface area contributed by atoms with Gasteiger partial charge in [0.15, 0.2) is 0 Å². The molecule has 1 aliphatic carbocycles. The molecule has 1 nitrogen and oxygen atoms in total. The summed E-state index contributed by atoms with van der Waals surface area (Å²) < 4.78 is 1.16. The molecular formula is C15H12BrN. The number of allylic oxidation sites excluding steroid dienone is 2. The first-order chi connectivity index (χ1) is 8.33. The number of hydrogen-bond donors (Lipinski definition) is 0. The summed E-state index contributed by atoms with van der Waals surface area (Å²) >= 11 is 3.52. The van der Waals surface area contributed by atoms with Crippen molar-refractivity contribution in [2.24, 2.45) is 0 Å². The van der Waals surface area contributed by atoms with E-state index in [0.29, 0.717) is 0 Å². The number of fused-ring (bicyclic) bond motifs is 1. The normalized spacial score (nSPS) is 13.4. The molecule has 0 N–H and O–H groups in total. The lowest BCUT2D eigenvalue weighted by Crippen LogP contribution is -1.90. The van der Waals surface area contributed by atoms with E-state index in [1.807, 2.05) is 12.4 Å². The minimum atomic E-state index is 0.997. The van der Waals surface area contributed by atoms with E-state index in [-0.39, 0.29) is 0 Å². The Hall–Kier alpha value is -1.41. The van der Waals surface area contributed by atoms with Crippen LogP contribution in [-0.4, -0.2) is 4.98 Å². The molecule has 1 aromatic carbocycles. The summed E-state index contributed by atoms with van der Waals surface area (Å²) in [6.45, 7) is 0. The predicted molar refractivity (Wildman–Crippen MR) is 73.8 cm³/mol. The van der Waals surface area contributed by atoms with Gasteiger partial charge in [-0.05, 0) is 59.4 Å². The number of rotatable bonds is 2. The van der Waals surface area contributed by atoms with Crippen LogP contribution in [0.3, 0.4) is 0 Å². The number of nitrogens with zero attached hydrogens (tertiary/aromatic N) is 1. The molecule has 1 aliphatic rings. The van der Waals surface area contributed by atoms with Gasteiger partial charge in [0.1, 0.15) is 0 Å². The van der Waals surface area contributed by atoms with E-state index in [2.05, 4.69) is 57.3 Å². The van der Waals surface area contributed by atoms with Gasteiger partial charge >= 0.3 is 0 Å². The van der Waals surface area contributed by atoms with Crippen LogP contribution in [0.15, 0.2) is 53.3 Å². The summed E-state index contributed by atoms with van der Waals surface area (Å²) in [7, 11) is 0. The van der Waals surface area contributed by atoms with Crippen LogP contribution in [0, 0.1) is 0 Å². The maximum absolute atomic E-state index is 4.05. The Morgan fingerprint density at radius 2 is 1.94 bits per heavy atom. The van der Waals surface area contributed by atoms with Crippen molar-refractivity contribution in [1.82, 2.24) is 4.98 Å². The highest BCUT2D eigenvalue weighted by molar-refractivity contribution is 9.10. The summed E-state index contributed by atoms with van der Waals surface area (Å²) in [5, 5.41) is 0. The molecular weight excluding hydrogens is 274 g/mol. The van der Waals surface area contributed by atoms with E-state index in [4.69, 9.17) is 0 Å². The summed E-state index contributed by atoms with van der Waals surface area (Å²) in [5.41, 5.74) is 5.56. The van der Waals surface area contributed by atoms with Gasteiger partial charge in [-0.1, -0.05) is 28.1 Å². The van der Waals surface area contributed by atoms with Gasteiger partial charge in [-0.3, -0.25) is 4.98 Å². The fourth-order valence-corrected chi connectivity index (χ4v) is 2.68. The number of halogens is 1. The summed E-state index contributed by atoms with van der Waals surface area (Å²) in [5.74, 6) is 0. The molecule has 1 heterocycles. The predicted octanol–water partition coefficient (Wildman–Crippen LogP) is 4.03. The molecule has 0 saturated carbocycles. The Labute approximate surface area is 109 Å². The summed E-state index contributed by atoms with van der Waals surface area (Å²) in [4.78, 5) is 4.05. The quantitative estimate of drug-likeness (QED) is 0.812. The average molecular weight is 286 g/mol. The SMILES string of the molecule is Brc1ccc2c(c1)CC=C2Cc1ccncc1. The van der Waals surface area contributed by atoms with Crippen LogP contribution < -0.4 is 0 Å².